The molecule has 3 heteroatoms. The molecule has 21 heavy (non-hydrogen) atoms. The van der Waals surface area contributed by atoms with Crippen molar-refractivity contribution in [1.29, 1.82) is 0 Å². The molecule has 0 saturated carbocycles. The summed E-state index contributed by atoms with van der Waals surface area (Å²) in [5, 5.41) is 11.1. The number of benzene rings is 2. The summed E-state index contributed by atoms with van der Waals surface area (Å²) in [4.78, 5) is 0. The van der Waals surface area contributed by atoms with Gasteiger partial charge in [0.15, 0.2) is 5.60 Å². The molecule has 1 N–H and O–H groups in total. The highest BCUT2D eigenvalue weighted by molar-refractivity contribution is 5.50. The number of aliphatic hydroxyl groups is 1. The van der Waals surface area contributed by atoms with E-state index in [9.17, 15) is 5.11 Å². The molecular formula is C18H18O3. The van der Waals surface area contributed by atoms with Crippen LogP contribution in [0.25, 0.3) is 0 Å². The Morgan fingerprint density at radius 1 is 0.905 bits per heavy atom. The Balaban J connectivity index is 2.65. The molecule has 2 rings (SSSR count). The summed E-state index contributed by atoms with van der Waals surface area (Å²) in [6.45, 7) is 1.70. The lowest BCUT2D eigenvalue weighted by Gasteiger charge is -2.24. The topological polar surface area (TPSA) is 38.7 Å². The summed E-state index contributed by atoms with van der Waals surface area (Å²) in [6.07, 6.45) is 0. The van der Waals surface area contributed by atoms with Crippen LogP contribution in [-0.2, 0) is 5.60 Å². The van der Waals surface area contributed by atoms with Gasteiger partial charge >= 0.3 is 0 Å². The summed E-state index contributed by atoms with van der Waals surface area (Å²) in [6, 6.07) is 14.6. The molecule has 0 spiro atoms. The highest BCUT2D eigenvalue weighted by Crippen LogP contribution is 2.34. The van der Waals surface area contributed by atoms with Crippen molar-refractivity contribution >= 4 is 0 Å². The van der Waals surface area contributed by atoms with Gasteiger partial charge in [-0.2, -0.15) is 0 Å². The van der Waals surface area contributed by atoms with Crippen molar-refractivity contribution in [3.05, 3.63) is 59.7 Å². The second-order valence-corrected chi connectivity index (χ2v) is 4.55. The summed E-state index contributed by atoms with van der Waals surface area (Å²) in [5.41, 5.74) is -0.0911. The van der Waals surface area contributed by atoms with Crippen LogP contribution < -0.4 is 9.47 Å². The van der Waals surface area contributed by atoms with Gasteiger partial charge in [-0.1, -0.05) is 36.3 Å². The lowest BCUT2D eigenvalue weighted by atomic mass is 9.86. The maximum Gasteiger partial charge on any atom is 0.177 e. The summed E-state index contributed by atoms with van der Waals surface area (Å²) in [5.74, 6) is 6.90. The maximum absolute atomic E-state index is 11.1. The van der Waals surface area contributed by atoms with Crippen LogP contribution >= 0.6 is 0 Å². The predicted molar refractivity (Wildman–Crippen MR) is 82.4 cm³/mol. The molecule has 0 heterocycles. The Morgan fingerprint density at radius 3 is 1.95 bits per heavy atom. The van der Waals surface area contributed by atoms with Crippen molar-refractivity contribution in [2.75, 3.05) is 14.2 Å². The van der Waals surface area contributed by atoms with Crippen molar-refractivity contribution in [2.24, 2.45) is 0 Å². The second-order valence-electron chi connectivity index (χ2n) is 4.55. The standard InChI is InChI=1S/C18H18O3/c1-4-10-18(19,14-8-6-5-7-9-14)15-11-16(20-2)13-17(12-15)21-3/h5-9,11-13,19H,1-3H3. The highest BCUT2D eigenvalue weighted by Gasteiger charge is 2.30. The number of ether oxygens (including phenoxy) is 2. The molecule has 0 bridgehead atoms. The molecule has 108 valence electrons. The largest absolute Gasteiger partial charge is 0.497 e. The average Bonchev–Trinajstić information content (AvgIpc) is 2.55. The molecular weight excluding hydrogens is 264 g/mol. The molecule has 0 aromatic heterocycles. The third-order valence-corrected chi connectivity index (χ3v) is 3.27. The molecule has 1 unspecified atom stereocenters. The van der Waals surface area contributed by atoms with Gasteiger partial charge in [0.05, 0.1) is 14.2 Å². The van der Waals surface area contributed by atoms with Crippen molar-refractivity contribution in [2.45, 2.75) is 12.5 Å². The first-order valence-electron chi connectivity index (χ1n) is 6.59. The zero-order valence-corrected chi connectivity index (χ0v) is 12.4. The van der Waals surface area contributed by atoms with Crippen molar-refractivity contribution in [1.82, 2.24) is 0 Å². The first kappa shape index (κ1) is 15.0. The number of rotatable bonds is 4. The molecule has 0 fully saturated rings. The average molecular weight is 282 g/mol. The van der Waals surface area contributed by atoms with Crippen molar-refractivity contribution < 1.29 is 14.6 Å². The van der Waals surface area contributed by atoms with Crippen LogP contribution in [0.2, 0.25) is 0 Å². The Bertz CT molecular complexity index is 646. The highest BCUT2D eigenvalue weighted by atomic mass is 16.5. The van der Waals surface area contributed by atoms with Gasteiger partial charge in [-0.25, -0.2) is 0 Å². The Hall–Kier alpha value is -2.44. The second kappa shape index (κ2) is 6.34. The van der Waals surface area contributed by atoms with Crippen molar-refractivity contribution in [3.8, 4) is 23.3 Å². The Morgan fingerprint density at radius 2 is 1.48 bits per heavy atom. The van der Waals surface area contributed by atoms with E-state index >= 15 is 0 Å². The monoisotopic (exact) mass is 282 g/mol. The molecule has 2 aromatic rings. The van der Waals surface area contributed by atoms with Gasteiger partial charge in [-0.05, 0) is 19.1 Å². The molecule has 0 aliphatic carbocycles. The van der Waals surface area contributed by atoms with Crippen molar-refractivity contribution in [3.63, 3.8) is 0 Å². The van der Waals surface area contributed by atoms with Crippen LogP contribution in [0.5, 0.6) is 11.5 Å². The summed E-state index contributed by atoms with van der Waals surface area (Å²) < 4.78 is 10.5. The van der Waals surface area contributed by atoms with Gasteiger partial charge in [-0.3, -0.25) is 0 Å². The van der Waals surface area contributed by atoms with E-state index < -0.39 is 5.60 Å². The van der Waals surface area contributed by atoms with Gasteiger partial charge in [0.1, 0.15) is 11.5 Å². The van der Waals surface area contributed by atoms with Gasteiger partial charge in [0, 0.05) is 17.2 Å². The van der Waals surface area contributed by atoms with Gasteiger partial charge in [0.2, 0.25) is 0 Å². The predicted octanol–water partition coefficient (Wildman–Crippen LogP) is 2.96. The molecule has 0 aliphatic rings. The van der Waals surface area contributed by atoms with E-state index in [0.717, 1.165) is 0 Å². The van der Waals surface area contributed by atoms with Gasteiger partial charge in [0.25, 0.3) is 0 Å². The van der Waals surface area contributed by atoms with Crippen LogP contribution in [0.4, 0.5) is 0 Å². The van der Waals surface area contributed by atoms with E-state index in [0.29, 0.717) is 22.6 Å². The van der Waals surface area contributed by atoms with Crippen LogP contribution in [0, 0.1) is 11.8 Å². The van der Waals surface area contributed by atoms with E-state index in [2.05, 4.69) is 11.8 Å². The molecule has 2 aromatic carbocycles. The fourth-order valence-corrected chi connectivity index (χ4v) is 2.19. The fourth-order valence-electron chi connectivity index (χ4n) is 2.19. The van der Waals surface area contributed by atoms with Gasteiger partial charge < -0.3 is 14.6 Å². The quantitative estimate of drug-likeness (QED) is 0.876. The van der Waals surface area contributed by atoms with Crippen LogP contribution in [0.1, 0.15) is 18.1 Å². The molecule has 3 nitrogen and oxygen atoms in total. The summed E-state index contributed by atoms with van der Waals surface area (Å²) >= 11 is 0. The smallest absolute Gasteiger partial charge is 0.177 e. The minimum Gasteiger partial charge on any atom is -0.497 e. The number of hydrogen-bond donors (Lipinski definition) is 1. The number of hydrogen-bond acceptors (Lipinski definition) is 3. The van der Waals surface area contributed by atoms with E-state index in [4.69, 9.17) is 9.47 Å². The minimum atomic E-state index is -1.40. The minimum absolute atomic E-state index is 0.608. The van der Waals surface area contributed by atoms with E-state index in [1.807, 2.05) is 30.3 Å². The van der Waals surface area contributed by atoms with E-state index in [1.54, 1.807) is 39.3 Å². The molecule has 0 saturated heterocycles. The zero-order chi connectivity index (χ0) is 15.3. The number of methoxy groups -OCH3 is 2. The molecule has 0 radical (unpaired) electrons. The Kier molecular flexibility index (Phi) is 4.52. The third-order valence-electron chi connectivity index (χ3n) is 3.27. The maximum atomic E-state index is 11.1. The van der Waals surface area contributed by atoms with E-state index in [1.165, 1.54) is 0 Å². The lowest BCUT2D eigenvalue weighted by Crippen LogP contribution is -2.25. The normalized spacial score (nSPS) is 12.8. The van der Waals surface area contributed by atoms with E-state index in [-0.39, 0.29) is 0 Å². The molecule has 1 atom stereocenters. The first-order valence-corrected chi connectivity index (χ1v) is 6.59. The first-order chi connectivity index (χ1) is 10.1. The third kappa shape index (κ3) is 3.01. The fraction of sp³-hybridized carbons (Fsp3) is 0.222. The lowest BCUT2D eigenvalue weighted by molar-refractivity contribution is 0.144. The van der Waals surface area contributed by atoms with Gasteiger partial charge in [-0.15, -0.1) is 5.92 Å². The Labute approximate surface area is 125 Å². The summed E-state index contributed by atoms with van der Waals surface area (Å²) in [7, 11) is 3.15. The van der Waals surface area contributed by atoms with Crippen LogP contribution in [0.3, 0.4) is 0 Å². The molecule has 0 amide bonds. The zero-order valence-electron chi connectivity index (χ0n) is 12.4. The van der Waals surface area contributed by atoms with Crippen LogP contribution in [0.15, 0.2) is 48.5 Å². The molecule has 0 aliphatic heterocycles. The SMILES string of the molecule is CC#CC(O)(c1ccccc1)c1cc(OC)cc(OC)c1. The van der Waals surface area contributed by atoms with Crippen LogP contribution in [-0.4, -0.2) is 19.3 Å².